The molecule has 25 heavy (non-hydrogen) atoms. The molecular weight excluding hydrogens is 368 g/mol. The number of hydrazone groups is 1. The Labute approximate surface area is 153 Å². The van der Waals surface area contributed by atoms with E-state index in [4.69, 9.17) is 31.5 Å². The molecule has 2 rings (SSSR count). The van der Waals surface area contributed by atoms with Crippen LogP contribution < -0.4 is 20.6 Å². The molecule has 0 aliphatic heterocycles. The minimum atomic E-state index is -0.488. The maximum Gasteiger partial charge on any atom is 0.344 e. The molecule has 0 spiro atoms. The van der Waals surface area contributed by atoms with E-state index in [2.05, 4.69) is 15.5 Å². The molecule has 10 heteroatoms. The Hall–Kier alpha value is -2.52. The molecule has 0 saturated heterocycles. The number of anilines is 2. The third kappa shape index (κ3) is 5.50. The smallest absolute Gasteiger partial charge is 0.344 e. The molecule has 0 unspecified atom stereocenters. The first-order valence-electron chi connectivity index (χ1n) is 7.19. The monoisotopic (exact) mass is 384 g/mol. The quantitative estimate of drug-likeness (QED) is 0.409. The summed E-state index contributed by atoms with van der Waals surface area (Å²) >= 11 is 7.54. The molecule has 0 aliphatic carbocycles. The molecule has 1 heterocycles. The summed E-state index contributed by atoms with van der Waals surface area (Å²) in [6.07, 6.45) is 1.54. The van der Waals surface area contributed by atoms with Gasteiger partial charge in [-0.3, -0.25) is 5.43 Å². The number of methoxy groups -OCH3 is 1. The fraction of sp³-hybridized carbons (Fsp3) is 0.267. The van der Waals surface area contributed by atoms with E-state index in [9.17, 15) is 4.79 Å². The van der Waals surface area contributed by atoms with Gasteiger partial charge in [0.25, 0.3) is 0 Å². The Bertz CT molecular complexity index is 766. The molecule has 0 bridgehead atoms. The van der Waals surface area contributed by atoms with Crippen molar-refractivity contribution in [3.63, 3.8) is 0 Å². The average molecular weight is 385 g/mol. The zero-order chi connectivity index (χ0) is 18.2. The predicted molar refractivity (Wildman–Crippen MR) is 97.9 cm³/mol. The minimum Gasteiger partial charge on any atom is -0.493 e. The molecule has 0 saturated carbocycles. The summed E-state index contributed by atoms with van der Waals surface area (Å²) in [5, 5.41) is 6.61. The number of halogens is 1. The van der Waals surface area contributed by atoms with E-state index in [1.54, 1.807) is 30.7 Å². The van der Waals surface area contributed by atoms with Crippen LogP contribution in [0.2, 0.25) is 5.02 Å². The van der Waals surface area contributed by atoms with Crippen molar-refractivity contribution in [2.45, 2.75) is 6.92 Å². The number of rotatable bonds is 8. The number of nitrogens with zero attached hydrogens (tertiary/aromatic N) is 2. The first-order valence-corrected chi connectivity index (χ1v) is 8.45. The number of nitrogen functional groups attached to an aromatic ring is 1. The van der Waals surface area contributed by atoms with Crippen molar-refractivity contribution in [1.29, 1.82) is 0 Å². The van der Waals surface area contributed by atoms with E-state index >= 15 is 0 Å². The topological polar surface area (TPSA) is 108 Å². The van der Waals surface area contributed by atoms with Crippen LogP contribution in [0.4, 0.5) is 10.9 Å². The van der Waals surface area contributed by atoms with Gasteiger partial charge in [0.1, 0.15) is 5.82 Å². The number of esters is 1. The van der Waals surface area contributed by atoms with Gasteiger partial charge >= 0.3 is 5.97 Å². The standard InChI is InChI=1S/C15H17ClN4O4S/c1-3-23-13(21)7-24-14-10(16)4-9(5-11(14)22-2)6-18-20-15-19-12(17)8-25-15/h4-6,8H,3,7,17H2,1-2H3,(H,19,20). The molecule has 0 radical (unpaired) electrons. The number of nitrogens with one attached hydrogen (secondary N) is 1. The van der Waals surface area contributed by atoms with Crippen molar-refractivity contribution in [3.05, 3.63) is 28.1 Å². The molecule has 2 aromatic rings. The summed E-state index contributed by atoms with van der Waals surface area (Å²) in [4.78, 5) is 15.4. The highest BCUT2D eigenvalue weighted by Gasteiger charge is 2.14. The third-order valence-electron chi connectivity index (χ3n) is 2.79. The highest BCUT2D eigenvalue weighted by Crippen LogP contribution is 2.36. The molecule has 0 fully saturated rings. The van der Waals surface area contributed by atoms with Gasteiger partial charge in [-0.15, -0.1) is 11.3 Å². The van der Waals surface area contributed by atoms with Crippen molar-refractivity contribution in [2.24, 2.45) is 5.10 Å². The van der Waals surface area contributed by atoms with Gasteiger partial charge in [-0.05, 0) is 24.6 Å². The van der Waals surface area contributed by atoms with Crippen LogP contribution in [0.5, 0.6) is 11.5 Å². The van der Waals surface area contributed by atoms with Crippen LogP contribution in [0.3, 0.4) is 0 Å². The van der Waals surface area contributed by atoms with Crippen molar-refractivity contribution >= 4 is 46.1 Å². The lowest BCUT2D eigenvalue weighted by molar-refractivity contribution is -0.145. The van der Waals surface area contributed by atoms with Crippen molar-refractivity contribution in [3.8, 4) is 11.5 Å². The number of thiazole rings is 1. The first-order chi connectivity index (χ1) is 12.0. The van der Waals surface area contributed by atoms with Crippen molar-refractivity contribution in [1.82, 2.24) is 4.98 Å². The third-order valence-corrected chi connectivity index (χ3v) is 3.83. The zero-order valence-corrected chi connectivity index (χ0v) is 15.2. The van der Waals surface area contributed by atoms with Gasteiger partial charge in [-0.2, -0.15) is 5.10 Å². The Morgan fingerprint density at radius 3 is 2.96 bits per heavy atom. The second kappa shape index (κ2) is 9.09. The predicted octanol–water partition coefficient (Wildman–Crippen LogP) is 2.78. The Kier molecular flexibility index (Phi) is 6.84. The van der Waals surface area contributed by atoms with Crippen LogP contribution >= 0.6 is 22.9 Å². The summed E-state index contributed by atoms with van der Waals surface area (Å²) in [5.41, 5.74) is 8.96. The van der Waals surface area contributed by atoms with E-state index in [0.717, 1.165) is 0 Å². The molecule has 134 valence electrons. The van der Waals surface area contributed by atoms with Crippen LogP contribution in [0.1, 0.15) is 12.5 Å². The van der Waals surface area contributed by atoms with Crippen molar-refractivity contribution < 1.29 is 19.0 Å². The van der Waals surface area contributed by atoms with E-state index in [1.165, 1.54) is 18.4 Å². The number of benzene rings is 1. The van der Waals surface area contributed by atoms with Gasteiger partial charge in [0, 0.05) is 5.38 Å². The molecule has 3 N–H and O–H groups in total. The SMILES string of the molecule is CCOC(=O)COc1c(Cl)cc(C=NNc2nc(N)cs2)cc1OC. The maximum absolute atomic E-state index is 11.4. The normalized spacial score (nSPS) is 10.7. The summed E-state index contributed by atoms with van der Waals surface area (Å²) < 4.78 is 15.5. The maximum atomic E-state index is 11.4. The zero-order valence-electron chi connectivity index (χ0n) is 13.6. The average Bonchev–Trinajstić information content (AvgIpc) is 2.99. The summed E-state index contributed by atoms with van der Waals surface area (Å²) in [6.45, 7) is 1.73. The summed E-state index contributed by atoms with van der Waals surface area (Å²) in [7, 11) is 1.47. The van der Waals surface area contributed by atoms with Gasteiger partial charge < -0.3 is 19.9 Å². The van der Waals surface area contributed by atoms with Crippen molar-refractivity contribution in [2.75, 3.05) is 31.5 Å². The molecule has 0 atom stereocenters. The number of hydrogen-bond acceptors (Lipinski definition) is 9. The second-order valence-electron chi connectivity index (χ2n) is 4.58. The van der Waals surface area contributed by atoms with E-state index in [0.29, 0.717) is 22.3 Å². The Morgan fingerprint density at radius 2 is 2.32 bits per heavy atom. The lowest BCUT2D eigenvalue weighted by Crippen LogP contribution is -2.15. The van der Waals surface area contributed by atoms with Crippen LogP contribution in [-0.2, 0) is 9.53 Å². The highest BCUT2D eigenvalue weighted by molar-refractivity contribution is 7.14. The molecule has 0 amide bonds. The van der Waals surface area contributed by atoms with E-state index < -0.39 is 5.97 Å². The molecule has 1 aromatic heterocycles. The summed E-state index contributed by atoms with van der Waals surface area (Å²) in [6, 6.07) is 3.31. The number of hydrogen-bond donors (Lipinski definition) is 2. The fourth-order valence-electron chi connectivity index (χ4n) is 1.79. The van der Waals surface area contributed by atoms with Crippen LogP contribution in [0.25, 0.3) is 0 Å². The Balaban J connectivity index is 2.08. The van der Waals surface area contributed by atoms with Crippen LogP contribution in [0, 0.1) is 0 Å². The number of aromatic nitrogens is 1. The lowest BCUT2D eigenvalue weighted by atomic mass is 10.2. The number of nitrogens with two attached hydrogens (primary N) is 1. The van der Waals surface area contributed by atoms with Gasteiger partial charge in [0.15, 0.2) is 18.1 Å². The van der Waals surface area contributed by atoms with E-state index in [-0.39, 0.29) is 24.0 Å². The lowest BCUT2D eigenvalue weighted by Gasteiger charge is -2.12. The second-order valence-corrected chi connectivity index (χ2v) is 5.84. The Morgan fingerprint density at radius 1 is 1.52 bits per heavy atom. The molecule has 8 nitrogen and oxygen atoms in total. The number of ether oxygens (including phenoxy) is 3. The van der Waals surface area contributed by atoms with Gasteiger partial charge in [-0.1, -0.05) is 11.6 Å². The number of carbonyl (C=O) groups is 1. The largest absolute Gasteiger partial charge is 0.493 e. The minimum absolute atomic E-state index is 0.259. The van der Waals surface area contributed by atoms with Crippen LogP contribution in [-0.4, -0.2) is 37.5 Å². The van der Waals surface area contributed by atoms with Gasteiger partial charge in [0.2, 0.25) is 5.13 Å². The fourth-order valence-corrected chi connectivity index (χ4v) is 2.61. The van der Waals surface area contributed by atoms with E-state index in [1.807, 2.05) is 0 Å². The summed E-state index contributed by atoms with van der Waals surface area (Å²) in [5.74, 6) is 0.570. The number of carbonyl (C=O) groups excluding carboxylic acids is 1. The van der Waals surface area contributed by atoms with Gasteiger partial charge in [0.05, 0.1) is 25.0 Å². The molecular formula is C15H17ClN4O4S. The van der Waals surface area contributed by atoms with Crippen LogP contribution in [0.15, 0.2) is 22.6 Å². The molecule has 0 aliphatic rings. The highest BCUT2D eigenvalue weighted by atomic mass is 35.5. The van der Waals surface area contributed by atoms with Gasteiger partial charge in [-0.25, -0.2) is 9.78 Å². The first kappa shape index (κ1) is 18.8. The molecule has 1 aromatic carbocycles.